The maximum absolute atomic E-state index is 12.3. The molecule has 3 unspecified atom stereocenters. The molecule has 2 rings (SSSR count). The van der Waals surface area contributed by atoms with Crippen LogP contribution in [0.15, 0.2) is 54.6 Å². The summed E-state index contributed by atoms with van der Waals surface area (Å²) in [4.78, 5) is 23.7. The Labute approximate surface area is 189 Å². The van der Waals surface area contributed by atoms with Crippen LogP contribution in [0, 0.1) is 11.8 Å². The fraction of sp³-hybridized carbons (Fsp3) is 0.478. The predicted molar refractivity (Wildman–Crippen MR) is 120 cm³/mol. The number of aliphatic hydroxyl groups is 2. The van der Waals surface area contributed by atoms with Crippen LogP contribution in [0.4, 0.5) is 0 Å². The monoisotopic (exact) mass is 465 g/mol. The molecule has 32 heavy (non-hydrogen) atoms. The van der Waals surface area contributed by atoms with Gasteiger partial charge >= 0.3 is 0 Å². The number of rotatable bonds is 12. The van der Waals surface area contributed by atoms with Crippen LogP contribution < -0.4 is 9.46 Å². The van der Waals surface area contributed by atoms with Crippen LogP contribution in [-0.2, 0) is 19.6 Å². The second-order valence-electron chi connectivity index (χ2n) is 7.89. The van der Waals surface area contributed by atoms with Gasteiger partial charge in [0.2, 0.25) is 15.9 Å². The summed E-state index contributed by atoms with van der Waals surface area (Å²) in [6.45, 7) is 0.0642. The summed E-state index contributed by atoms with van der Waals surface area (Å²) in [5.41, 5.74) is 0. The van der Waals surface area contributed by atoms with E-state index in [2.05, 4.69) is 0 Å². The second kappa shape index (κ2) is 12.5. The van der Waals surface area contributed by atoms with Crippen molar-refractivity contribution in [2.24, 2.45) is 11.8 Å². The number of hydrogen-bond donors (Lipinski definition) is 3. The molecule has 1 saturated carbocycles. The molecular formula is C23H31NO7S. The van der Waals surface area contributed by atoms with Gasteiger partial charge in [0, 0.05) is 24.7 Å². The van der Waals surface area contributed by atoms with Gasteiger partial charge < -0.3 is 14.9 Å². The lowest BCUT2D eigenvalue weighted by Crippen LogP contribution is -2.28. The lowest BCUT2D eigenvalue weighted by atomic mass is 9.90. The standard InChI is InChI=1S/C23H31NO7S/c1-32(29,30)24-23(28)12-8-3-2-7-11-19-20(22(27)15-21(19)26)14-13-17(25)16-31-18-9-5-4-6-10-18/h2,4-7,9-10,13-14,17,19-20,22,25,27H,3,8,11-12,15-16H2,1H3,(H,24,28)/b7-2+,14-13+/t17?,19?,20-,22?/m1/s1. The van der Waals surface area contributed by atoms with E-state index in [1.165, 1.54) is 0 Å². The van der Waals surface area contributed by atoms with E-state index in [0.29, 0.717) is 25.0 Å². The molecular weight excluding hydrogens is 434 g/mol. The Balaban J connectivity index is 1.78. The molecule has 1 fully saturated rings. The molecule has 176 valence electrons. The number of carbonyl (C=O) groups excluding carboxylic acids is 2. The molecule has 0 aliphatic heterocycles. The molecule has 0 spiro atoms. The Kier molecular flexibility index (Phi) is 10.1. The summed E-state index contributed by atoms with van der Waals surface area (Å²) in [7, 11) is -3.54. The summed E-state index contributed by atoms with van der Waals surface area (Å²) >= 11 is 0. The van der Waals surface area contributed by atoms with Crippen LogP contribution in [0.3, 0.4) is 0 Å². The fourth-order valence-corrected chi connectivity index (χ4v) is 4.05. The van der Waals surface area contributed by atoms with Gasteiger partial charge in [0.15, 0.2) is 0 Å². The van der Waals surface area contributed by atoms with Gasteiger partial charge in [-0.1, -0.05) is 42.5 Å². The Morgan fingerprint density at radius 3 is 2.69 bits per heavy atom. The normalized spacial score (nSPS) is 22.5. The highest BCUT2D eigenvalue weighted by molar-refractivity contribution is 7.89. The lowest BCUT2D eigenvalue weighted by Gasteiger charge is -2.17. The highest BCUT2D eigenvalue weighted by Crippen LogP contribution is 2.33. The number of carbonyl (C=O) groups is 2. The third-order valence-electron chi connectivity index (χ3n) is 5.08. The average molecular weight is 466 g/mol. The number of aliphatic hydroxyl groups excluding tert-OH is 2. The van der Waals surface area contributed by atoms with Gasteiger partial charge in [0.05, 0.1) is 12.4 Å². The van der Waals surface area contributed by atoms with Gasteiger partial charge in [-0.2, -0.15) is 0 Å². The van der Waals surface area contributed by atoms with Crippen LogP contribution in [0.1, 0.15) is 32.1 Å². The van der Waals surface area contributed by atoms with E-state index in [1.54, 1.807) is 24.3 Å². The quantitative estimate of drug-likeness (QED) is 0.317. The van der Waals surface area contributed by atoms with Gasteiger partial charge in [-0.05, 0) is 31.4 Å². The number of Topliss-reactive ketones (excluding diaryl/α,β-unsaturated/α-hetero) is 1. The Bertz CT molecular complexity index is 912. The van der Waals surface area contributed by atoms with E-state index in [0.717, 1.165) is 6.26 Å². The largest absolute Gasteiger partial charge is 0.491 e. The number of benzene rings is 1. The van der Waals surface area contributed by atoms with Crippen LogP contribution in [0.5, 0.6) is 5.75 Å². The smallest absolute Gasteiger partial charge is 0.233 e. The number of allylic oxidation sites excluding steroid dienone is 2. The molecule has 8 nitrogen and oxygen atoms in total. The van der Waals surface area contributed by atoms with E-state index in [4.69, 9.17) is 4.74 Å². The van der Waals surface area contributed by atoms with Crippen LogP contribution in [0.2, 0.25) is 0 Å². The van der Waals surface area contributed by atoms with Gasteiger partial charge in [0.25, 0.3) is 0 Å². The molecule has 1 aromatic carbocycles. The fourth-order valence-electron chi connectivity index (χ4n) is 3.54. The molecule has 0 saturated heterocycles. The number of ether oxygens (including phenoxy) is 1. The van der Waals surface area contributed by atoms with Crippen molar-refractivity contribution in [1.82, 2.24) is 4.72 Å². The number of nitrogens with one attached hydrogen (secondary N) is 1. The number of hydrogen-bond acceptors (Lipinski definition) is 7. The molecule has 0 bridgehead atoms. The maximum atomic E-state index is 12.3. The molecule has 1 aromatic rings. The zero-order valence-corrected chi connectivity index (χ0v) is 18.9. The van der Waals surface area contributed by atoms with E-state index < -0.39 is 28.1 Å². The minimum absolute atomic E-state index is 0.0284. The van der Waals surface area contributed by atoms with Gasteiger partial charge in [-0.15, -0.1) is 0 Å². The van der Waals surface area contributed by atoms with Crippen LogP contribution in [-0.4, -0.2) is 55.4 Å². The maximum Gasteiger partial charge on any atom is 0.233 e. The van der Waals surface area contributed by atoms with Gasteiger partial charge in [-0.25, -0.2) is 8.42 Å². The Morgan fingerprint density at radius 1 is 1.28 bits per heavy atom. The second-order valence-corrected chi connectivity index (χ2v) is 9.64. The first kappa shape index (κ1) is 25.8. The summed E-state index contributed by atoms with van der Waals surface area (Å²) in [6, 6.07) is 9.11. The number of ketones is 1. The lowest BCUT2D eigenvalue weighted by molar-refractivity contribution is -0.121. The number of unbranched alkanes of at least 4 members (excludes halogenated alkanes) is 1. The van der Waals surface area contributed by atoms with Crippen molar-refractivity contribution in [2.75, 3.05) is 12.9 Å². The Morgan fingerprint density at radius 2 is 2.00 bits per heavy atom. The topological polar surface area (TPSA) is 130 Å². The third kappa shape index (κ3) is 9.33. The first-order valence-electron chi connectivity index (χ1n) is 10.6. The van der Waals surface area contributed by atoms with Crippen molar-refractivity contribution in [1.29, 1.82) is 0 Å². The van der Waals surface area contributed by atoms with Crippen molar-refractivity contribution < 1.29 is 33.0 Å². The minimum atomic E-state index is -3.54. The molecule has 3 N–H and O–H groups in total. The van der Waals surface area contributed by atoms with Crippen molar-refractivity contribution in [2.45, 2.75) is 44.3 Å². The predicted octanol–water partition coefficient (Wildman–Crippen LogP) is 1.74. The van der Waals surface area contributed by atoms with Crippen molar-refractivity contribution in [3.63, 3.8) is 0 Å². The van der Waals surface area contributed by atoms with Crippen LogP contribution in [0.25, 0.3) is 0 Å². The highest BCUT2D eigenvalue weighted by Gasteiger charge is 2.39. The summed E-state index contributed by atoms with van der Waals surface area (Å²) in [6.07, 6.45) is 7.84. The SMILES string of the molecule is CS(=O)(=O)NC(=O)CCC/C=C/CC1C(=O)CC(O)[C@@H]1/C=C/C(O)COc1ccccc1. The number of amides is 1. The first-order valence-corrected chi connectivity index (χ1v) is 12.5. The van der Waals surface area contributed by atoms with Crippen LogP contribution >= 0.6 is 0 Å². The number of sulfonamides is 1. The highest BCUT2D eigenvalue weighted by atomic mass is 32.2. The minimum Gasteiger partial charge on any atom is -0.491 e. The molecule has 4 atom stereocenters. The zero-order chi connectivity index (χ0) is 23.6. The summed E-state index contributed by atoms with van der Waals surface area (Å²) < 4.78 is 29.4. The zero-order valence-electron chi connectivity index (χ0n) is 18.1. The van der Waals surface area contributed by atoms with E-state index in [-0.39, 0.29) is 37.1 Å². The Hall–Kier alpha value is -2.49. The van der Waals surface area contributed by atoms with Crippen molar-refractivity contribution >= 4 is 21.7 Å². The summed E-state index contributed by atoms with van der Waals surface area (Å²) in [5, 5.41) is 20.4. The molecule has 1 aliphatic carbocycles. The molecule has 0 radical (unpaired) electrons. The first-order chi connectivity index (χ1) is 15.2. The van der Waals surface area contributed by atoms with Gasteiger partial charge in [-0.3, -0.25) is 14.3 Å². The molecule has 9 heteroatoms. The molecule has 1 amide bonds. The van der Waals surface area contributed by atoms with Crippen molar-refractivity contribution in [3.05, 3.63) is 54.6 Å². The summed E-state index contributed by atoms with van der Waals surface area (Å²) in [5.74, 6) is -0.700. The third-order valence-corrected chi connectivity index (χ3v) is 5.68. The van der Waals surface area contributed by atoms with Crippen molar-refractivity contribution in [3.8, 4) is 5.75 Å². The molecule has 0 heterocycles. The number of para-hydroxylation sites is 1. The average Bonchev–Trinajstić information content (AvgIpc) is 2.99. The van der Waals surface area contributed by atoms with E-state index in [9.17, 15) is 28.2 Å². The molecule has 1 aliphatic rings. The van der Waals surface area contributed by atoms with Gasteiger partial charge in [0.1, 0.15) is 24.2 Å². The van der Waals surface area contributed by atoms with E-state index in [1.807, 2.05) is 35.1 Å². The molecule has 0 aromatic heterocycles. The van der Waals surface area contributed by atoms with E-state index >= 15 is 0 Å².